The van der Waals surface area contributed by atoms with Crippen molar-refractivity contribution in [2.75, 3.05) is 5.32 Å². The smallest absolute Gasteiger partial charge is 0.222 e. The summed E-state index contributed by atoms with van der Waals surface area (Å²) in [5.74, 6) is 0.454. The molecule has 130 valence electrons. The Balaban J connectivity index is 1.88. The topological polar surface area (TPSA) is 90.5 Å². The fourth-order valence-electron chi connectivity index (χ4n) is 2.70. The van der Waals surface area contributed by atoms with Crippen LogP contribution >= 0.6 is 0 Å². The van der Waals surface area contributed by atoms with E-state index in [9.17, 15) is 9.18 Å². The molecular weight excluding hydrogens is 337 g/mol. The van der Waals surface area contributed by atoms with Crippen LogP contribution in [0.15, 0.2) is 42.9 Å². The van der Waals surface area contributed by atoms with Crippen LogP contribution in [0.3, 0.4) is 0 Å². The molecule has 0 radical (unpaired) electrons. The van der Waals surface area contributed by atoms with Crippen molar-refractivity contribution in [2.24, 2.45) is 0 Å². The molecular formula is C17H14FN7O. The van der Waals surface area contributed by atoms with Crippen molar-refractivity contribution in [3.8, 4) is 11.5 Å². The number of anilines is 1. The average Bonchev–Trinajstić information content (AvgIpc) is 3.18. The van der Waals surface area contributed by atoms with Crippen molar-refractivity contribution < 1.29 is 9.18 Å². The first-order chi connectivity index (χ1) is 12.5. The molecule has 26 heavy (non-hydrogen) atoms. The predicted octanol–water partition coefficient (Wildman–Crippen LogP) is 2.41. The number of fused-ring (bicyclic) bond motifs is 1. The summed E-state index contributed by atoms with van der Waals surface area (Å²) < 4.78 is 16.3. The predicted molar refractivity (Wildman–Crippen MR) is 92.8 cm³/mol. The Morgan fingerprint density at radius 1 is 1.15 bits per heavy atom. The molecule has 0 atom stereocenters. The molecule has 0 unspecified atom stereocenters. The molecule has 1 amide bonds. The van der Waals surface area contributed by atoms with Gasteiger partial charge in [-0.15, -0.1) is 0 Å². The highest BCUT2D eigenvalue weighted by molar-refractivity contribution is 5.89. The summed E-state index contributed by atoms with van der Waals surface area (Å²) in [7, 11) is 0. The van der Waals surface area contributed by atoms with Gasteiger partial charge in [0, 0.05) is 13.0 Å². The molecule has 0 saturated carbocycles. The number of nitrogens with one attached hydrogen (secondary N) is 1. The van der Waals surface area contributed by atoms with E-state index in [0.29, 0.717) is 28.4 Å². The monoisotopic (exact) mass is 351 g/mol. The molecule has 0 fully saturated rings. The number of halogens is 1. The van der Waals surface area contributed by atoms with Gasteiger partial charge in [0.1, 0.15) is 18.0 Å². The molecule has 0 aliphatic carbocycles. The lowest BCUT2D eigenvalue weighted by Gasteiger charge is -2.08. The fraction of sp³-hybridized carbons (Fsp3) is 0.118. The number of rotatable bonds is 3. The molecule has 8 nitrogen and oxygen atoms in total. The first kappa shape index (κ1) is 15.9. The van der Waals surface area contributed by atoms with Crippen LogP contribution in [0.25, 0.3) is 22.5 Å². The van der Waals surface area contributed by atoms with Crippen LogP contribution in [0.2, 0.25) is 0 Å². The minimum Gasteiger partial charge on any atom is -0.311 e. The Morgan fingerprint density at radius 2 is 1.92 bits per heavy atom. The second-order valence-electron chi connectivity index (χ2n) is 5.73. The largest absolute Gasteiger partial charge is 0.311 e. The first-order valence-corrected chi connectivity index (χ1v) is 7.82. The lowest BCUT2D eigenvalue weighted by Crippen LogP contribution is -2.12. The van der Waals surface area contributed by atoms with Gasteiger partial charge in [-0.3, -0.25) is 4.79 Å². The second-order valence-corrected chi connectivity index (χ2v) is 5.73. The van der Waals surface area contributed by atoms with E-state index < -0.39 is 0 Å². The van der Waals surface area contributed by atoms with Gasteiger partial charge >= 0.3 is 0 Å². The molecule has 0 spiro atoms. The maximum absolute atomic E-state index is 13.2. The molecule has 0 bridgehead atoms. The highest BCUT2D eigenvalue weighted by Crippen LogP contribution is 2.24. The van der Waals surface area contributed by atoms with Crippen LogP contribution in [-0.4, -0.2) is 35.4 Å². The van der Waals surface area contributed by atoms with Gasteiger partial charge < -0.3 is 5.32 Å². The van der Waals surface area contributed by atoms with Crippen LogP contribution in [0.1, 0.15) is 12.6 Å². The fourth-order valence-corrected chi connectivity index (χ4v) is 2.70. The molecule has 1 aromatic carbocycles. The van der Waals surface area contributed by atoms with E-state index in [1.54, 1.807) is 29.1 Å². The van der Waals surface area contributed by atoms with Crippen molar-refractivity contribution >= 4 is 22.8 Å². The summed E-state index contributed by atoms with van der Waals surface area (Å²) in [6.45, 7) is 3.25. The maximum Gasteiger partial charge on any atom is 0.222 e. The zero-order valence-corrected chi connectivity index (χ0v) is 14.0. The third-order valence-electron chi connectivity index (χ3n) is 3.75. The Hall–Kier alpha value is -3.62. The van der Waals surface area contributed by atoms with E-state index in [2.05, 4.69) is 25.5 Å². The molecule has 9 heteroatoms. The normalized spacial score (nSPS) is 11.0. The summed E-state index contributed by atoms with van der Waals surface area (Å²) in [6, 6.07) is 7.70. The number of aryl methyl sites for hydroxylation is 1. The van der Waals surface area contributed by atoms with E-state index in [1.165, 1.54) is 30.1 Å². The van der Waals surface area contributed by atoms with Gasteiger partial charge in [-0.1, -0.05) is 0 Å². The van der Waals surface area contributed by atoms with Gasteiger partial charge in [0.15, 0.2) is 11.5 Å². The van der Waals surface area contributed by atoms with Crippen molar-refractivity contribution in [3.05, 3.63) is 54.4 Å². The second kappa shape index (κ2) is 6.03. The molecule has 0 saturated heterocycles. The van der Waals surface area contributed by atoms with Gasteiger partial charge in [0.25, 0.3) is 0 Å². The molecule has 3 aromatic heterocycles. The van der Waals surface area contributed by atoms with E-state index in [-0.39, 0.29) is 11.7 Å². The van der Waals surface area contributed by atoms with E-state index >= 15 is 0 Å². The third kappa shape index (κ3) is 2.69. The summed E-state index contributed by atoms with van der Waals surface area (Å²) in [6.07, 6.45) is 3.01. The Morgan fingerprint density at radius 3 is 2.65 bits per heavy atom. The number of hydrogen-bond acceptors (Lipinski definition) is 5. The molecule has 4 rings (SSSR count). The number of benzene rings is 1. The molecule has 0 aliphatic heterocycles. The lowest BCUT2D eigenvalue weighted by molar-refractivity contribution is -0.114. The van der Waals surface area contributed by atoms with E-state index in [4.69, 9.17) is 0 Å². The van der Waals surface area contributed by atoms with Gasteiger partial charge in [-0.25, -0.2) is 19.0 Å². The highest BCUT2D eigenvalue weighted by Gasteiger charge is 2.16. The summed E-state index contributed by atoms with van der Waals surface area (Å²) in [5, 5.41) is 12.1. The van der Waals surface area contributed by atoms with Gasteiger partial charge in [-0.2, -0.15) is 14.9 Å². The number of amides is 1. The standard InChI is InChI=1S/C17H14FN7O/c1-10-7-15(22-11(2)26)25(23-10)17-14-8-21-24(16(14)19-9-20-17)13-5-3-12(18)4-6-13/h3-9H,1-2H3,(H,22,26). The Kier molecular flexibility index (Phi) is 3.68. The van der Waals surface area contributed by atoms with Crippen LogP contribution in [0, 0.1) is 12.7 Å². The molecule has 4 aromatic rings. The quantitative estimate of drug-likeness (QED) is 0.612. The average molecular weight is 351 g/mol. The van der Waals surface area contributed by atoms with Gasteiger partial charge in [-0.05, 0) is 31.2 Å². The van der Waals surface area contributed by atoms with Crippen LogP contribution in [0.5, 0.6) is 0 Å². The van der Waals surface area contributed by atoms with E-state index in [0.717, 1.165) is 5.69 Å². The zero-order valence-electron chi connectivity index (χ0n) is 14.0. The number of nitrogens with zero attached hydrogens (tertiary/aromatic N) is 6. The number of carbonyl (C=O) groups is 1. The van der Waals surface area contributed by atoms with Gasteiger partial charge in [0.2, 0.25) is 5.91 Å². The minimum atomic E-state index is -0.326. The summed E-state index contributed by atoms with van der Waals surface area (Å²) in [5.41, 5.74) is 1.94. The summed E-state index contributed by atoms with van der Waals surface area (Å²) >= 11 is 0. The number of hydrogen-bond donors (Lipinski definition) is 1. The number of aromatic nitrogens is 6. The van der Waals surface area contributed by atoms with Gasteiger partial charge in [0.05, 0.1) is 23.0 Å². The minimum absolute atomic E-state index is 0.210. The molecule has 0 aliphatic rings. The summed E-state index contributed by atoms with van der Waals surface area (Å²) in [4.78, 5) is 20.0. The zero-order chi connectivity index (χ0) is 18.3. The van der Waals surface area contributed by atoms with Crippen LogP contribution in [0.4, 0.5) is 10.2 Å². The molecule has 3 heterocycles. The van der Waals surface area contributed by atoms with Crippen molar-refractivity contribution in [2.45, 2.75) is 13.8 Å². The SMILES string of the molecule is CC(=O)Nc1cc(C)nn1-c1ncnc2c1cnn2-c1ccc(F)cc1. The van der Waals surface area contributed by atoms with E-state index in [1.807, 2.05) is 6.92 Å². The van der Waals surface area contributed by atoms with Crippen LogP contribution < -0.4 is 5.32 Å². The Bertz CT molecular complexity index is 1110. The van der Waals surface area contributed by atoms with Crippen molar-refractivity contribution in [3.63, 3.8) is 0 Å². The molecule has 1 N–H and O–H groups in total. The third-order valence-corrected chi connectivity index (χ3v) is 3.75. The van der Waals surface area contributed by atoms with Crippen LogP contribution in [-0.2, 0) is 4.79 Å². The lowest BCUT2D eigenvalue weighted by atomic mass is 10.3. The maximum atomic E-state index is 13.2. The number of carbonyl (C=O) groups excluding carboxylic acids is 1. The van der Waals surface area contributed by atoms with Crippen molar-refractivity contribution in [1.29, 1.82) is 0 Å². The highest BCUT2D eigenvalue weighted by atomic mass is 19.1. The Labute approximate surface area is 147 Å². The first-order valence-electron chi connectivity index (χ1n) is 7.82. The van der Waals surface area contributed by atoms with Crippen molar-refractivity contribution in [1.82, 2.24) is 29.5 Å².